The summed E-state index contributed by atoms with van der Waals surface area (Å²) in [7, 11) is 0. The molecule has 1 aliphatic rings. The Morgan fingerprint density at radius 3 is 2.08 bits per heavy atom. The van der Waals surface area contributed by atoms with Crippen LogP contribution in [0, 0.1) is 0 Å². The molecule has 0 aromatic heterocycles. The van der Waals surface area contributed by atoms with Crippen LogP contribution in [0.5, 0.6) is 0 Å². The third kappa shape index (κ3) is 1.73. The molecule has 1 saturated heterocycles. The second-order valence-corrected chi connectivity index (χ2v) is 3.08. The average molecular weight is 196 g/mol. The third-order valence-corrected chi connectivity index (χ3v) is 2.23. The van der Waals surface area contributed by atoms with Crippen LogP contribution >= 0.6 is 12.6 Å². The van der Waals surface area contributed by atoms with E-state index in [1.807, 2.05) is 0 Å². The Labute approximate surface area is 75.0 Å². The number of rotatable bonds is 1. The highest BCUT2D eigenvalue weighted by atomic mass is 32.1. The fourth-order valence-corrected chi connectivity index (χ4v) is 1.38. The molecule has 1 rings (SSSR count). The lowest BCUT2D eigenvalue weighted by molar-refractivity contribution is -0.276. The standard InChI is InChI=1S/C6H12O5S/c7-3-2(1-12)11-6(10)5(9)4(3)8/h2-10,12H,1H2/t2-,3-,4+,5-,6-/m1/s1. The van der Waals surface area contributed by atoms with Crippen molar-refractivity contribution in [3.8, 4) is 0 Å². The zero-order valence-electron chi connectivity index (χ0n) is 6.24. The Hall–Kier alpha value is 0.150. The van der Waals surface area contributed by atoms with Gasteiger partial charge in [0.05, 0.1) is 6.10 Å². The summed E-state index contributed by atoms with van der Waals surface area (Å²) in [4.78, 5) is 0. The van der Waals surface area contributed by atoms with E-state index in [-0.39, 0.29) is 5.75 Å². The summed E-state index contributed by atoms with van der Waals surface area (Å²) in [6.07, 6.45) is -6.26. The first-order valence-electron chi connectivity index (χ1n) is 3.56. The van der Waals surface area contributed by atoms with E-state index in [4.69, 9.17) is 20.1 Å². The molecule has 0 amide bonds. The van der Waals surface area contributed by atoms with Crippen molar-refractivity contribution in [1.29, 1.82) is 0 Å². The highest BCUT2D eigenvalue weighted by molar-refractivity contribution is 7.80. The molecule has 0 spiro atoms. The monoisotopic (exact) mass is 196 g/mol. The summed E-state index contributed by atoms with van der Waals surface area (Å²) >= 11 is 3.84. The van der Waals surface area contributed by atoms with Crippen LogP contribution in [0.4, 0.5) is 0 Å². The number of ether oxygens (including phenoxy) is 1. The van der Waals surface area contributed by atoms with Gasteiger partial charge < -0.3 is 25.2 Å². The summed E-state index contributed by atoms with van der Waals surface area (Å²) in [5.41, 5.74) is 0. The fraction of sp³-hybridized carbons (Fsp3) is 1.00. The summed E-state index contributed by atoms with van der Waals surface area (Å²) in [6, 6.07) is 0. The van der Waals surface area contributed by atoms with Crippen molar-refractivity contribution in [2.75, 3.05) is 5.75 Å². The first kappa shape index (κ1) is 10.2. The normalized spacial score (nSPS) is 49.2. The smallest absolute Gasteiger partial charge is 0.183 e. The van der Waals surface area contributed by atoms with Crippen LogP contribution in [0.1, 0.15) is 0 Å². The van der Waals surface area contributed by atoms with E-state index in [0.717, 1.165) is 0 Å². The van der Waals surface area contributed by atoms with Gasteiger partial charge in [-0.2, -0.15) is 12.6 Å². The van der Waals surface area contributed by atoms with Gasteiger partial charge in [0, 0.05) is 5.75 Å². The van der Waals surface area contributed by atoms with Gasteiger partial charge in [-0.05, 0) is 0 Å². The van der Waals surface area contributed by atoms with Crippen LogP contribution in [0.25, 0.3) is 0 Å². The van der Waals surface area contributed by atoms with Gasteiger partial charge in [-0.25, -0.2) is 0 Å². The molecule has 0 aliphatic carbocycles. The number of hydrogen-bond acceptors (Lipinski definition) is 6. The van der Waals surface area contributed by atoms with E-state index in [9.17, 15) is 5.11 Å². The molecule has 0 bridgehead atoms. The molecule has 4 N–H and O–H groups in total. The molecule has 0 radical (unpaired) electrons. The molecule has 5 nitrogen and oxygen atoms in total. The van der Waals surface area contributed by atoms with Crippen molar-refractivity contribution in [2.45, 2.75) is 30.7 Å². The van der Waals surface area contributed by atoms with Gasteiger partial charge >= 0.3 is 0 Å². The van der Waals surface area contributed by atoms with Gasteiger partial charge in [0.1, 0.15) is 18.3 Å². The van der Waals surface area contributed by atoms with E-state index in [0.29, 0.717) is 0 Å². The maximum absolute atomic E-state index is 9.23. The minimum Gasteiger partial charge on any atom is -0.388 e. The van der Waals surface area contributed by atoms with Crippen LogP contribution in [0.2, 0.25) is 0 Å². The van der Waals surface area contributed by atoms with E-state index in [1.165, 1.54) is 0 Å². The Kier molecular flexibility index (Phi) is 3.33. The molecule has 1 fully saturated rings. The zero-order chi connectivity index (χ0) is 9.30. The van der Waals surface area contributed by atoms with E-state index < -0.39 is 30.7 Å². The van der Waals surface area contributed by atoms with Crippen LogP contribution in [-0.2, 0) is 4.74 Å². The molecule has 0 aromatic carbocycles. The zero-order valence-corrected chi connectivity index (χ0v) is 7.13. The minimum atomic E-state index is -1.46. The van der Waals surface area contributed by atoms with Gasteiger partial charge in [0.15, 0.2) is 6.29 Å². The Morgan fingerprint density at radius 1 is 1.00 bits per heavy atom. The Balaban J connectivity index is 2.63. The molecular weight excluding hydrogens is 184 g/mol. The molecular formula is C6H12O5S. The van der Waals surface area contributed by atoms with Crippen LogP contribution < -0.4 is 0 Å². The lowest BCUT2D eigenvalue weighted by atomic mass is 10.0. The van der Waals surface area contributed by atoms with Gasteiger partial charge in [-0.1, -0.05) is 0 Å². The quantitative estimate of drug-likeness (QED) is 0.305. The molecule has 72 valence electrons. The van der Waals surface area contributed by atoms with Gasteiger partial charge in [0.25, 0.3) is 0 Å². The number of thiol groups is 1. The lowest BCUT2D eigenvalue weighted by Gasteiger charge is -2.37. The number of aliphatic hydroxyl groups excluding tert-OH is 4. The van der Waals surface area contributed by atoms with Crippen molar-refractivity contribution < 1.29 is 25.2 Å². The molecule has 0 aromatic rings. The molecule has 6 heteroatoms. The predicted molar refractivity (Wildman–Crippen MR) is 42.8 cm³/mol. The molecule has 12 heavy (non-hydrogen) atoms. The van der Waals surface area contributed by atoms with Crippen molar-refractivity contribution >= 4 is 12.6 Å². The second kappa shape index (κ2) is 3.91. The van der Waals surface area contributed by atoms with Crippen molar-refractivity contribution in [3.63, 3.8) is 0 Å². The Morgan fingerprint density at radius 2 is 1.58 bits per heavy atom. The minimum absolute atomic E-state index is 0.169. The van der Waals surface area contributed by atoms with Gasteiger partial charge in [-0.3, -0.25) is 0 Å². The van der Waals surface area contributed by atoms with Crippen LogP contribution in [-0.4, -0.2) is 56.9 Å². The maximum atomic E-state index is 9.23. The van der Waals surface area contributed by atoms with Gasteiger partial charge in [-0.15, -0.1) is 0 Å². The highest BCUT2D eigenvalue weighted by Gasteiger charge is 2.42. The molecule has 1 heterocycles. The third-order valence-electron chi connectivity index (χ3n) is 1.87. The SMILES string of the molecule is O[C@@H]1[C@@H](O)[C@H](O)O[C@H](CS)[C@H]1O. The lowest BCUT2D eigenvalue weighted by Crippen LogP contribution is -2.57. The number of aliphatic hydroxyl groups is 4. The molecule has 0 saturated carbocycles. The van der Waals surface area contributed by atoms with Crippen molar-refractivity contribution in [1.82, 2.24) is 0 Å². The topological polar surface area (TPSA) is 90.2 Å². The summed E-state index contributed by atoms with van der Waals surface area (Å²) in [5, 5.41) is 36.4. The highest BCUT2D eigenvalue weighted by Crippen LogP contribution is 2.20. The summed E-state index contributed by atoms with van der Waals surface area (Å²) in [6.45, 7) is 0. The number of hydrogen-bond donors (Lipinski definition) is 5. The first-order valence-corrected chi connectivity index (χ1v) is 4.19. The molecule has 1 aliphatic heterocycles. The Bertz CT molecular complexity index is 150. The van der Waals surface area contributed by atoms with Crippen LogP contribution in [0.3, 0.4) is 0 Å². The largest absolute Gasteiger partial charge is 0.388 e. The summed E-state index contributed by atoms with van der Waals surface area (Å²) in [5.74, 6) is 0.169. The average Bonchev–Trinajstić information content (AvgIpc) is 2.08. The van der Waals surface area contributed by atoms with Gasteiger partial charge in [0.2, 0.25) is 0 Å². The first-order chi connectivity index (χ1) is 5.57. The summed E-state index contributed by atoms with van der Waals surface area (Å²) < 4.78 is 4.75. The second-order valence-electron chi connectivity index (χ2n) is 2.72. The van der Waals surface area contributed by atoms with E-state index in [1.54, 1.807) is 0 Å². The fourth-order valence-electron chi connectivity index (χ4n) is 1.08. The van der Waals surface area contributed by atoms with E-state index in [2.05, 4.69) is 12.6 Å². The van der Waals surface area contributed by atoms with Crippen LogP contribution in [0.15, 0.2) is 0 Å². The molecule has 0 unspecified atom stereocenters. The van der Waals surface area contributed by atoms with Crippen molar-refractivity contribution in [2.24, 2.45) is 0 Å². The van der Waals surface area contributed by atoms with E-state index >= 15 is 0 Å². The predicted octanol–water partition coefficient (Wildman–Crippen LogP) is -2.28. The van der Waals surface area contributed by atoms with Crippen molar-refractivity contribution in [3.05, 3.63) is 0 Å². The maximum Gasteiger partial charge on any atom is 0.183 e. The molecule has 5 atom stereocenters.